The van der Waals surface area contributed by atoms with Crippen molar-refractivity contribution < 1.29 is 14.3 Å². The van der Waals surface area contributed by atoms with E-state index >= 15 is 0 Å². The maximum Gasteiger partial charge on any atom is 0.257 e. The number of halogens is 1. The van der Waals surface area contributed by atoms with Gasteiger partial charge in [-0.2, -0.15) is 0 Å². The number of hydrogen-bond acceptors (Lipinski definition) is 3. The van der Waals surface area contributed by atoms with Gasteiger partial charge >= 0.3 is 0 Å². The molecule has 2 N–H and O–H groups in total. The van der Waals surface area contributed by atoms with Crippen LogP contribution in [0.25, 0.3) is 0 Å². The predicted molar refractivity (Wildman–Crippen MR) is 93.8 cm³/mol. The van der Waals surface area contributed by atoms with E-state index in [1.54, 1.807) is 42.5 Å². The van der Waals surface area contributed by atoms with E-state index in [9.17, 15) is 9.59 Å². The molecule has 0 bridgehead atoms. The average molecular weight is 345 g/mol. The smallest absolute Gasteiger partial charge is 0.257 e. The number of hydrogen-bond donors (Lipinski definition) is 2. The zero-order valence-corrected chi connectivity index (χ0v) is 14.1. The summed E-state index contributed by atoms with van der Waals surface area (Å²) in [6.45, 7) is 3.92. The van der Waals surface area contributed by atoms with Gasteiger partial charge in [0.2, 0.25) is 5.91 Å². The highest BCUT2D eigenvalue weighted by atomic mass is 35.5. The third kappa shape index (κ3) is 3.21. The number of ether oxygens (including phenoxy) is 1. The summed E-state index contributed by atoms with van der Waals surface area (Å²) in [7, 11) is 0. The van der Waals surface area contributed by atoms with Crippen molar-refractivity contribution in [2.24, 2.45) is 5.41 Å². The molecule has 3 rings (SSSR count). The summed E-state index contributed by atoms with van der Waals surface area (Å²) in [5.74, 6) is 0.127. The maximum atomic E-state index is 12.3. The first kappa shape index (κ1) is 16.3. The van der Waals surface area contributed by atoms with Gasteiger partial charge in [-0.15, -0.1) is 0 Å². The highest BCUT2D eigenvalue weighted by Crippen LogP contribution is 2.34. The van der Waals surface area contributed by atoms with E-state index in [0.29, 0.717) is 27.7 Å². The molecule has 1 aliphatic heterocycles. The second-order valence-electron chi connectivity index (χ2n) is 6.27. The minimum atomic E-state index is -0.625. The van der Waals surface area contributed by atoms with Crippen LogP contribution < -0.4 is 15.4 Å². The highest BCUT2D eigenvalue weighted by Gasteiger charge is 2.32. The van der Waals surface area contributed by atoms with Crippen molar-refractivity contribution in [3.63, 3.8) is 0 Å². The number of rotatable bonds is 2. The fourth-order valence-electron chi connectivity index (χ4n) is 2.29. The van der Waals surface area contributed by atoms with Crippen molar-refractivity contribution in [2.75, 3.05) is 17.2 Å². The lowest BCUT2D eigenvalue weighted by Gasteiger charge is -2.18. The molecule has 24 heavy (non-hydrogen) atoms. The fraction of sp³-hybridized carbons (Fsp3) is 0.222. The van der Waals surface area contributed by atoms with Crippen molar-refractivity contribution in [2.45, 2.75) is 13.8 Å². The van der Waals surface area contributed by atoms with Crippen LogP contribution in [0.2, 0.25) is 5.02 Å². The molecular weight excluding hydrogens is 328 g/mol. The van der Waals surface area contributed by atoms with Gasteiger partial charge in [0.1, 0.15) is 12.4 Å². The molecule has 0 saturated heterocycles. The first-order valence-corrected chi connectivity index (χ1v) is 7.89. The van der Waals surface area contributed by atoms with Crippen molar-refractivity contribution in [3.05, 3.63) is 53.1 Å². The topological polar surface area (TPSA) is 67.4 Å². The van der Waals surface area contributed by atoms with Crippen LogP contribution in [0.5, 0.6) is 5.75 Å². The second kappa shape index (κ2) is 6.17. The van der Waals surface area contributed by atoms with Crippen molar-refractivity contribution >= 4 is 34.8 Å². The molecule has 0 fully saturated rings. The molecule has 5 nitrogen and oxygen atoms in total. The SMILES string of the molecule is CC1(C)COc2ccc(NC(=O)c3ccccc3Cl)cc2NC1=O. The number of fused-ring (bicyclic) bond motifs is 1. The third-order valence-electron chi connectivity index (χ3n) is 3.81. The lowest BCUT2D eigenvalue weighted by molar-refractivity contribution is -0.124. The minimum Gasteiger partial charge on any atom is -0.490 e. The van der Waals surface area contributed by atoms with Gasteiger partial charge < -0.3 is 15.4 Å². The summed E-state index contributed by atoms with van der Waals surface area (Å²) in [6, 6.07) is 11.9. The average Bonchev–Trinajstić information content (AvgIpc) is 2.64. The van der Waals surface area contributed by atoms with Crippen LogP contribution >= 0.6 is 11.6 Å². The van der Waals surface area contributed by atoms with Crippen LogP contribution in [0, 0.1) is 5.41 Å². The Morgan fingerprint density at radius 3 is 2.75 bits per heavy atom. The van der Waals surface area contributed by atoms with Crippen LogP contribution in [-0.4, -0.2) is 18.4 Å². The van der Waals surface area contributed by atoms with Crippen molar-refractivity contribution in [1.82, 2.24) is 0 Å². The molecule has 0 aliphatic carbocycles. The fourth-order valence-corrected chi connectivity index (χ4v) is 2.51. The number of carbonyl (C=O) groups is 2. The molecule has 0 aromatic heterocycles. The molecule has 2 amide bonds. The molecular formula is C18H17ClN2O3. The molecule has 1 aliphatic rings. The maximum absolute atomic E-state index is 12.3. The number of amides is 2. The molecule has 124 valence electrons. The second-order valence-corrected chi connectivity index (χ2v) is 6.68. The molecule has 0 spiro atoms. The van der Waals surface area contributed by atoms with E-state index in [0.717, 1.165) is 0 Å². The van der Waals surface area contributed by atoms with Gasteiger partial charge in [0.15, 0.2) is 0 Å². The van der Waals surface area contributed by atoms with Gasteiger partial charge in [-0.25, -0.2) is 0 Å². The number of carbonyl (C=O) groups excluding carboxylic acids is 2. The number of benzene rings is 2. The van der Waals surface area contributed by atoms with E-state index in [2.05, 4.69) is 10.6 Å². The standard InChI is InChI=1S/C18H17ClN2O3/c1-18(2)10-24-15-8-7-11(9-14(15)21-17(18)23)20-16(22)12-5-3-4-6-13(12)19/h3-9H,10H2,1-2H3,(H,20,22)(H,21,23). The Balaban J connectivity index is 1.84. The molecule has 6 heteroatoms. The Labute approximate surface area is 145 Å². The zero-order valence-electron chi connectivity index (χ0n) is 13.4. The van der Waals surface area contributed by atoms with Crippen LogP contribution in [0.1, 0.15) is 24.2 Å². The molecule has 0 atom stereocenters. The van der Waals surface area contributed by atoms with Gasteiger partial charge in [0, 0.05) is 5.69 Å². The van der Waals surface area contributed by atoms with Gasteiger partial charge in [0.05, 0.1) is 21.7 Å². The quantitative estimate of drug-likeness (QED) is 0.866. The third-order valence-corrected chi connectivity index (χ3v) is 4.14. The lowest BCUT2D eigenvalue weighted by Crippen LogP contribution is -2.33. The first-order valence-electron chi connectivity index (χ1n) is 7.51. The van der Waals surface area contributed by atoms with Gasteiger partial charge in [-0.1, -0.05) is 23.7 Å². The molecule has 0 saturated carbocycles. The summed E-state index contributed by atoms with van der Waals surface area (Å²) in [4.78, 5) is 24.5. The molecule has 1 heterocycles. The van der Waals surface area contributed by atoms with E-state index in [4.69, 9.17) is 16.3 Å². The van der Waals surface area contributed by atoms with E-state index < -0.39 is 5.41 Å². The van der Waals surface area contributed by atoms with Crippen molar-refractivity contribution in [3.8, 4) is 5.75 Å². The van der Waals surface area contributed by atoms with Crippen LogP contribution in [-0.2, 0) is 4.79 Å². The van der Waals surface area contributed by atoms with E-state index in [1.807, 2.05) is 13.8 Å². The Morgan fingerprint density at radius 1 is 1.25 bits per heavy atom. The van der Waals surface area contributed by atoms with Gasteiger partial charge in [-0.05, 0) is 44.2 Å². The molecule has 0 unspecified atom stereocenters. The Morgan fingerprint density at radius 2 is 2.00 bits per heavy atom. The Bertz CT molecular complexity index is 818. The largest absolute Gasteiger partial charge is 0.490 e. The van der Waals surface area contributed by atoms with E-state index in [1.165, 1.54) is 0 Å². The van der Waals surface area contributed by atoms with Gasteiger partial charge in [-0.3, -0.25) is 9.59 Å². The lowest BCUT2D eigenvalue weighted by atomic mass is 9.94. The Hall–Kier alpha value is -2.53. The minimum absolute atomic E-state index is 0.129. The monoisotopic (exact) mass is 344 g/mol. The van der Waals surface area contributed by atoms with Crippen molar-refractivity contribution in [1.29, 1.82) is 0 Å². The number of anilines is 2. The summed E-state index contributed by atoms with van der Waals surface area (Å²) >= 11 is 6.03. The van der Waals surface area contributed by atoms with Crippen LogP contribution in [0.4, 0.5) is 11.4 Å². The summed E-state index contributed by atoms with van der Waals surface area (Å²) < 4.78 is 5.68. The van der Waals surface area contributed by atoms with Crippen LogP contribution in [0.15, 0.2) is 42.5 Å². The molecule has 2 aromatic carbocycles. The molecule has 0 radical (unpaired) electrons. The first-order chi connectivity index (χ1) is 11.4. The summed E-state index contributed by atoms with van der Waals surface area (Å²) in [5, 5.41) is 5.99. The zero-order chi connectivity index (χ0) is 17.3. The summed E-state index contributed by atoms with van der Waals surface area (Å²) in [5.41, 5.74) is 0.834. The normalized spacial score (nSPS) is 15.5. The highest BCUT2D eigenvalue weighted by molar-refractivity contribution is 6.34. The van der Waals surface area contributed by atoms with Gasteiger partial charge in [0.25, 0.3) is 5.91 Å². The number of nitrogens with one attached hydrogen (secondary N) is 2. The van der Waals surface area contributed by atoms with Crippen LogP contribution in [0.3, 0.4) is 0 Å². The predicted octanol–water partition coefficient (Wildman–Crippen LogP) is 3.95. The van der Waals surface area contributed by atoms with E-state index in [-0.39, 0.29) is 18.4 Å². The summed E-state index contributed by atoms with van der Waals surface area (Å²) in [6.07, 6.45) is 0. The molecule has 2 aromatic rings. The Kier molecular flexibility index (Phi) is 4.20.